The average Bonchev–Trinajstić information content (AvgIpc) is 2.27. The normalized spacial score (nSPS) is 10.0. The molecule has 0 radical (unpaired) electrons. The van der Waals surface area contributed by atoms with Crippen LogP contribution in [0.2, 0.25) is 0 Å². The first-order chi connectivity index (χ1) is 6.86. The van der Waals surface area contributed by atoms with Gasteiger partial charge in [-0.1, -0.05) is 43.5 Å². The van der Waals surface area contributed by atoms with Crippen LogP contribution in [0.1, 0.15) is 11.3 Å². The van der Waals surface area contributed by atoms with Gasteiger partial charge in [0.2, 0.25) is 0 Å². The van der Waals surface area contributed by atoms with E-state index in [-0.39, 0.29) is 0 Å². The number of aromatic nitrogens is 1. The average molecular weight is 181 g/mol. The third-order valence-electron chi connectivity index (χ3n) is 2.27. The third kappa shape index (κ3) is 1.23. The lowest BCUT2D eigenvalue weighted by molar-refractivity contribution is 1.32. The fraction of sp³-hybridized carbons (Fsp3) is 0. The number of hydrogen-bond acceptors (Lipinski definition) is 1. The van der Waals surface area contributed by atoms with Gasteiger partial charge < -0.3 is 0 Å². The van der Waals surface area contributed by atoms with E-state index in [0.717, 1.165) is 16.6 Å². The third-order valence-corrected chi connectivity index (χ3v) is 2.27. The first-order valence-electron chi connectivity index (χ1n) is 4.49. The standard InChI is InChI=1S/C13H11N/c1-3-11-12-8-6-5-7-10(12)9-14-13(11)4-2/h3-9H,1-2H2. The maximum atomic E-state index is 4.31. The van der Waals surface area contributed by atoms with Gasteiger partial charge in [-0.15, -0.1) is 0 Å². The van der Waals surface area contributed by atoms with E-state index in [4.69, 9.17) is 0 Å². The second-order valence-electron chi connectivity index (χ2n) is 3.05. The molecule has 0 atom stereocenters. The summed E-state index contributed by atoms with van der Waals surface area (Å²) in [6.07, 6.45) is 5.44. The van der Waals surface area contributed by atoms with E-state index in [2.05, 4.69) is 24.2 Å². The molecule has 0 amide bonds. The predicted molar refractivity (Wildman–Crippen MR) is 61.9 cm³/mol. The topological polar surface area (TPSA) is 12.9 Å². The van der Waals surface area contributed by atoms with Crippen molar-refractivity contribution in [3.63, 3.8) is 0 Å². The molecule has 68 valence electrons. The highest BCUT2D eigenvalue weighted by Gasteiger charge is 2.02. The number of nitrogens with zero attached hydrogens (tertiary/aromatic N) is 1. The van der Waals surface area contributed by atoms with Crippen LogP contribution in [-0.4, -0.2) is 4.98 Å². The molecule has 2 rings (SSSR count). The van der Waals surface area contributed by atoms with Crippen molar-refractivity contribution < 1.29 is 0 Å². The summed E-state index contributed by atoms with van der Waals surface area (Å²) < 4.78 is 0. The van der Waals surface area contributed by atoms with Crippen molar-refractivity contribution in [2.45, 2.75) is 0 Å². The van der Waals surface area contributed by atoms with Gasteiger partial charge in [0.25, 0.3) is 0 Å². The van der Waals surface area contributed by atoms with E-state index in [1.807, 2.05) is 30.5 Å². The highest BCUT2D eigenvalue weighted by molar-refractivity contribution is 5.92. The van der Waals surface area contributed by atoms with Crippen LogP contribution in [0, 0.1) is 0 Å². The highest BCUT2D eigenvalue weighted by Crippen LogP contribution is 2.21. The van der Waals surface area contributed by atoms with Gasteiger partial charge in [-0.25, -0.2) is 0 Å². The van der Waals surface area contributed by atoms with Crippen LogP contribution in [0.15, 0.2) is 43.6 Å². The van der Waals surface area contributed by atoms with Gasteiger partial charge in [0.1, 0.15) is 0 Å². The first-order valence-corrected chi connectivity index (χ1v) is 4.49. The Kier molecular flexibility index (Phi) is 2.15. The van der Waals surface area contributed by atoms with Gasteiger partial charge in [-0.3, -0.25) is 4.98 Å². The molecule has 1 aromatic heterocycles. The number of benzene rings is 1. The summed E-state index contributed by atoms with van der Waals surface area (Å²) in [7, 11) is 0. The molecule has 1 aromatic carbocycles. The zero-order valence-electron chi connectivity index (χ0n) is 7.90. The Morgan fingerprint density at radius 3 is 2.57 bits per heavy atom. The molecule has 1 nitrogen and oxygen atoms in total. The summed E-state index contributed by atoms with van der Waals surface area (Å²) in [5.74, 6) is 0. The predicted octanol–water partition coefficient (Wildman–Crippen LogP) is 3.52. The van der Waals surface area contributed by atoms with E-state index >= 15 is 0 Å². The molecule has 14 heavy (non-hydrogen) atoms. The molecule has 0 fully saturated rings. The number of hydrogen-bond donors (Lipinski definition) is 0. The molecule has 0 N–H and O–H groups in total. The Morgan fingerprint density at radius 1 is 1.07 bits per heavy atom. The van der Waals surface area contributed by atoms with Gasteiger partial charge in [0.15, 0.2) is 0 Å². The van der Waals surface area contributed by atoms with Crippen molar-refractivity contribution in [3.05, 3.63) is 54.9 Å². The van der Waals surface area contributed by atoms with Crippen molar-refractivity contribution in [2.75, 3.05) is 0 Å². The summed E-state index contributed by atoms with van der Waals surface area (Å²) in [6.45, 7) is 7.54. The molecule has 0 bridgehead atoms. The minimum absolute atomic E-state index is 0.888. The van der Waals surface area contributed by atoms with Crippen molar-refractivity contribution in [1.82, 2.24) is 4.98 Å². The minimum atomic E-state index is 0.888. The fourth-order valence-electron chi connectivity index (χ4n) is 1.58. The number of fused-ring (bicyclic) bond motifs is 1. The van der Waals surface area contributed by atoms with Crippen LogP contribution in [0.3, 0.4) is 0 Å². The molecule has 0 saturated heterocycles. The lowest BCUT2D eigenvalue weighted by atomic mass is 10.0. The summed E-state index contributed by atoms with van der Waals surface area (Å²) >= 11 is 0. The molecule has 0 unspecified atom stereocenters. The maximum absolute atomic E-state index is 4.31. The Morgan fingerprint density at radius 2 is 1.86 bits per heavy atom. The van der Waals surface area contributed by atoms with E-state index in [1.54, 1.807) is 6.08 Å². The Balaban J connectivity index is 2.90. The number of pyridine rings is 1. The Labute approximate surface area is 83.4 Å². The highest BCUT2D eigenvalue weighted by atomic mass is 14.7. The van der Waals surface area contributed by atoms with Crippen LogP contribution in [0.25, 0.3) is 22.9 Å². The van der Waals surface area contributed by atoms with Crippen LogP contribution in [-0.2, 0) is 0 Å². The van der Waals surface area contributed by atoms with Gasteiger partial charge in [-0.2, -0.15) is 0 Å². The van der Waals surface area contributed by atoms with Crippen LogP contribution in [0.4, 0.5) is 0 Å². The smallest absolute Gasteiger partial charge is 0.0702 e. The lowest BCUT2D eigenvalue weighted by Gasteiger charge is -2.04. The zero-order valence-corrected chi connectivity index (χ0v) is 7.90. The quantitative estimate of drug-likeness (QED) is 0.690. The van der Waals surface area contributed by atoms with E-state index < -0.39 is 0 Å². The van der Waals surface area contributed by atoms with E-state index in [1.165, 1.54) is 5.39 Å². The van der Waals surface area contributed by atoms with Crippen molar-refractivity contribution in [3.8, 4) is 0 Å². The first kappa shape index (κ1) is 8.70. The lowest BCUT2D eigenvalue weighted by Crippen LogP contribution is -1.87. The minimum Gasteiger partial charge on any atom is -0.256 e. The van der Waals surface area contributed by atoms with Gasteiger partial charge in [0.05, 0.1) is 5.69 Å². The van der Waals surface area contributed by atoms with Crippen molar-refractivity contribution in [1.29, 1.82) is 0 Å². The van der Waals surface area contributed by atoms with Crippen LogP contribution >= 0.6 is 0 Å². The second-order valence-corrected chi connectivity index (χ2v) is 3.05. The van der Waals surface area contributed by atoms with Crippen LogP contribution in [0.5, 0.6) is 0 Å². The van der Waals surface area contributed by atoms with Gasteiger partial charge in [0, 0.05) is 17.1 Å². The molecule has 0 aliphatic heterocycles. The monoisotopic (exact) mass is 181 g/mol. The maximum Gasteiger partial charge on any atom is 0.0702 e. The van der Waals surface area contributed by atoms with Crippen molar-refractivity contribution >= 4 is 22.9 Å². The molecule has 0 spiro atoms. The molecule has 2 aromatic rings. The fourth-order valence-corrected chi connectivity index (χ4v) is 1.58. The Bertz CT molecular complexity index is 498. The molecule has 0 saturated carbocycles. The largest absolute Gasteiger partial charge is 0.256 e. The zero-order chi connectivity index (χ0) is 9.97. The molecule has 1 heterocycles. The van der Waals surface area contributed by atoms with Gasteiger partial charge >= 0.3 is 0 Å². The summed E-state index contributed by atoms with van der Waals surface area (Å²) in [4.78, 5) is 4.31. The Hall–Kier alpha value is -1.89. The molecular weight excluding hydrogens is 170 g/mol. The van der Waals surface area contributed by atoms with Gasteiger partial charge in [-0.05, 0) is 11.5 Å². The van der Waals surface area contributed by atoms with E-state index in [0.29, 0.717) is 0 Å². The molecule has 0 aliphatic carbocycles. The van der Waals surface area contributed by atoms with E-state index in [9.17, 15) is 0 Å². The van der Waals surface area contributed by atoms with Crippen LogP contribution < -0.4 is 0 Å². The second kappa shape index (κ2) is 3.46. The number of rotatable bonds is 2. The molecule has 1 heteroatoms. The summed E-state index contributed by atoms with van der Waals surface area (Å²) in [5.41, 5.74) is 1.94. The molecular formula is C13H11N. The summed E-state index contributed by atoms with van der Waals surface area (Å²) in [5, 5.41) is 2.31. The SMILES string of the molecule is C=Cc1ncc2ccccc2c1C=C. The van der Waals surface area contributed by atoms with Crippen molar-refractivity contribution in [2.24, 2.45) is 0 Å². The molecule has 0 aliphatic rings. The summed E-state index contributed by atoms with van der Waals surface area (Å²) in [6, 6.07) is 8.13.